The second-order valence-electron chi connectivity index (χ2n) is 22.5. The van der Waals surface area contributed by atoms with Crippen LogP contribution in [0.4, 0.5) is 0 Å². The predicted octanol–water partition coefficient (Wildman–Crippen LogP) is -3.50. The number of carbonyl (C=O) groups excluding carboxylic acids is 4. The lowest BCUT2D eigenvalue weighted by molar-refractivity contribution is -0.345. The molecular formula is C60H108N3O28-. The minimum Gasteiger partial charge on any atom is -0.547 e. The summed E-state index contributed by atoms with van der Waals surface area (Å²) in [5, 5.41) is 84.9. The van der Waals surface area contributed by atoms with Gasteiger partial charge in [0, 0.05) is 39.5 Å². The molecule has 2 saturated carbocycles. The van der Waals surface area contributed by atoms with Gasteiger partial charge in [0.25, 0.3) is 0 Å². The van der Waals surface area contributed by atoms with E-state index in [0.717, 1.165) is 32.1 Å². The van der Waals surface area contributed by atoms with Gasteiger partial charge in [0.05, 0.1) is 189 Å². The van der Waals surface area contributed by atoms with Gasteiger partial charge in [0.2, 0.25) is 17.7 Å². The molecule has 4 fully saturated rings. The molecule has 3 amide bonds. The van der Waals surface area contributed by atoms with E-state index >= 15 is 0 Å². The fourth-order valence-electron chi connectivity index (χ4n) is 10.9. The van der Waals surface area contributed by atoms with Crippen molar-refractivity contribution in [3.63, 3.8) is 0 Å². The van der Waals surface area contributed by atoms with Crippen molar-refractivity contribution >= 4 is 23.7 Å². The molecule has 0 aromatic heterocycles. The average molecular weight is 1320 g/mol. The van der Waals surface area contributed by atoms with Crippen molar-refractivity contribution < 1.29 is 135 Å². The van der Waals surface area contributed by atoms with Crippen LogP contribution in [0.15, 0.2) is 0 Å². The Labute approximate surface area is 534 Å². The Morgan fingerprint density at radius 1 is 0.538 bits per heavy atom. The summed E-state index contributed by atoms with van der Waals surface area (Å²) in [5.74, 6) is -4.18. The summed E-state index contributed by atoms with van der Waals surface area (Å²) < 4.78 is 96.2. The highest BCUT2D eigenvalue weighted by molar-refractivity contribution is 5.79. The molecule has 91 heavy (non-hydrogen) atoms. The number of rotatable bonds is 53. The second-order valence-corrected chi connectivity index (χ2v) is 22.5. The number of nitrogens with one attached hydrogen (secondary N) is 3. The topological polar surface area (TPSA) is 406 Å². The van der Waals surface area contributed by atoms with Gasteiger partial charge in [-0.3, -0.25) is 14.4 Å². The molecule has 2 aliphatic carbocycles. The van der Waals surface area contributed by atoms with Crippen LogP contribution in [-0.2, 0) is 99.7 Å². The third-order valence-corrected chi connectivity index (χ3v) is 15.7. The standard InChI is InChI=1S/C60H109N3O28/c1-4-43-37-44(38-45(55(43)91-60-54(71)53(70)51(68)47(39-64)90-60)88-59-50(63-41(2)66)56(52(69)48(40-65)89-59)87-46(58(73)74)36-42-8-6-5-7-9-42)57(72)62-12-11-61-49(67)10-13-76-16-17-78-20-21-80-24-25-82-28-29-84-32-33-86-35-34-85-31-30-83-27-26-81-23-22-79-19-18-77-15-14-75-3/h42-48,50-56,59-60,64-65,68-71H,4-40H2,1-3H3,(H,61,67)(H,62,72)(H,63,66)(H,73,74)/p-1. The van der Waals surface area contributed by atoms with E-state index in [1.807, 2.05) is 6.92 Å². The van der Waals surface area contributed by atoms with Crippen LogP contribution >= 0.6 is 0 Å². The van der Waals surface area contributed by atoms with Crippen LogP contribution in [0.5, 0.6) is 0 Å². The number of hydrogen-bond donors (Lipinski definition) is 9. The highest BCUT2D eigenvalue weighted by Gasteiger charge is 2.53. The number of amides is 3. The van der Waals surface area contributed by atoms with E-state index in [1.165, 1.54) is 6.92 Å². The number of methoxy groups -OCH3 is 1. The van der Waals surface area contributed by atoms with Crippen LogP contribution in [-0.4, -0.2) is 319 Å². The first-order chi connectivity index (χ1) is 44.2. The molecule has 4 rings (SSSR count). The number of aliphatic carboxylic acids is 1. The highest BCUT2D eigenvalue weighted by Crippen LogP contribution is 2.40. The lowest BCUT2D eigenvalue weighted by Crippen LogP contribution is -2.67. The molecule has 4 aliphatic rings. The first-order valence-electron chi connectivity index (χ1n) is 32.3. The second kappa shape index (κ2) is 49.5. The summed E-state index contributed by atoms with van der Waals surface area (Å²) >= 11 is 0. The minimum atomic E-state index is -1.80. The molecule has 2 aliphatic heterocycles. The molecule has 2 heterocycles. The van der Waals surface area contributed by atoms with E-state index in [4.69, 9.17) is 80.5 Å². The molecule has 0 aromatic carbocycles. The quantitative estimate of drug-likeness (QED) is 0.0267. The number of aliphatic hydroxyl groups is 6. The van der Waals surface area contributed by atoms with Crippen molar-refractivity contribution in [1.82, 2.24) is 16.0 Å². The first-order valence-corrected chi connectivity index (χ1v) is 32.3. The van der Waals surface area contributed by atoms with Gasteiger partial charge in [0.15, 0.2) is 12.6 Å². The van der Waals surface area contributed by atoms with Crippen molar-refractivity contribution in [2.45, 2.75) is 158 Å². The monoisotopic (exact) mass is 1320 g/mol. The molecular weight excluding hydrogens is 1210 g/mol. The Morgan fingerprint density at radius 2 is 0.989 bits per heavy atom. The molecule has 31 heteroatoms. The summed E-state index contributed by atoms with van der Waals surface area (Å²) in [5.41, 5.74) is 0. The first kappa shape index (κ1) is 80.4. The van der Waals surface area contributed by atoms with Crippen LogP contribution < -0.4 is 21.1 Å². The lowest BCUT2D eigenvalue weighted by atomic mass is 9.75. The maximum atomic E-state index is 14.0. The number of hydrogen-bond acceptors (Lipinski definition) is 28. The molecule has 2 saturated heterocycles. The Morgan fingerprint density at radius 3 is 1.44 bits per heavy atom. The van der Waals surface area contributed by atoms with Gasteiger partial charge >= 0.3 is 0 Å². The van der Waals surface area contributed by atoms with Gasteiger partial charge < -0.3 is 137 Å². The smallest absolute Gasteiger partial charge is 0.223 e. The Balaban J connectivity index is 1.08. The number of aliphatic hydroxyl groups excluding tert-OH is 6. The van der Waals surface area contributed by atoms with E-state index < -0.39 is 122 Å². The zero-order valence-electron chi connectivity index (χ0n) is 53.6. The normalized spacial score (nSPS) is 27.6. The van der Waals surface area contributed by atoms with Crippen LogP contribution in [0.3, 0.4) is 0 Å². The van der Waals surface area contributed by atoms with E-state index in [0.29, 0.717) is 145 Å². The average Bonchev–Trinajstić information content (AvgIpc) is 0.888. The van der Waals surface area contributed by atoms with Gasteiger partial charge in [-0.05, 0) is 31.1 Å². The van der Waals surface area contributed by atoms with Gasteiger partial charge in [-0.2, -0.15) is 0 Å². The summed E-state index contributed by atoms with van der Waals surface area (Å²) in [6.45, 7) is 11.5. The van der Waals surface area contributed by atoms with Crippen molar-refractivity contribution in [3.8, 4) is 0 Å². The predicted molar refractivity (Wildman–Crippen MR) is 316 cm³/mol. The zero-order valence-corrected chi connectivity index (χ0v) is 53.6. The lowest BCUT2D eigenvalue weighted by Gasteiger charge is -2.49. The zero-order chi connectivity index (χ0) is 65.9. The summed E-state index contributed by atoms with van der Waals surface area (Å²) in [6, 6.07) is -1.40. The number of carbonyl (C=O) groups is 4. The van der Waals surface area contributed by atoms with E-state index in [2.05, 4.69) is 16.0 Å². The molecule has 0 spiro atoms. The van der Waals surface area contributed by atoms with Crippen LogP contribution in [0.2, 0.25) is 0 Å². The van der Waals surface area contributed by atoms with Crippen LogP contribution in [0.1, 0.15) is 78.1 Å². The molecule has 9 N–H and O–H groups in total. The fraction of sp³-hybridized carbons (Fsp3) is 0.933. The summed E-state index contributed by atoms with van der Waals surface area (Å²) in [7, 11) is 1.63. The molecule has 15 atom stereocenters. The van der Waals surface area contributed by atoms with Crippen LogP contribution in [0, 0.1) is 17.8 Å². The molecule has 31 nitrogen and oxygen atoms in total. The van der Waals surface area contributed by atoms with Crippen molar-refractivity contribution in [2.75, 3.05) is 185 Å². The Bertz CT molecular complexity index is 1880. The van der Waals surface area contributed by atoms with Crippen molar-refractivity contribution in [3.05, 3.63) is 0 Å². The molecule has 0 aromatic rings. The van der Waals surface area contributed by atoms with Gasteiger partial charge in [-0.1, -0.05) is 45.4 Å². The highest BCUT2D eigenvalue weighted by atomic mass is 16.7. The minimum absolute atomic E-state index is 0.00262. The van der Waals surface area contributed by atoms with Gasteiger partial charge in [-0.15, -0.1) is 0 Å². The molecule has 15 unspecified atom stereocenters. The van der Waals surface area contributed by atoms with Crippen molar-refractivity contribution in [2.24, 2.45) is 17.8 Å². The number of carboxylic acids is 1. The molecule has 532 valence electrons. The largest absolute Gasteiger partial charge is 0.547 e. The maximum absolute atomic E-state index is 14.0. The summed E-state index contributed by atoms with van der Waals surface area (Å²) in [6.07, 6.45) is -13.1. The fourth-order valence-corrected chi connectivity index (χ4v) is 10.9. The van der Waals surface area contributed by atoms with E-state index in [-0.39, 0.29) is 63.8 Å². The van der Waals surface area contributed by atoms with Gasteiger partial charge in [-0.25, -0.2) is 0 Å². The SMILES string of the molecule is CCC1CC(C(=O)NCCNC(=O)CCOCCOCCOCCOCCOCCOCCOCCOCCOCCOCCOCCOC)CC(OC2OC(CO)C(O)C(OC(CC3CCCCC3)C(=O)[O-])C2NC(C)=O)C1OC1OC(CO)C(O)C(O)C1O. The molecule has 0 radical (unpaired) electrons. The third-order valence-electron chi connectivity index (χ3n) is 15.7. The molecule has 0 bridgehead atoms. The van der Waals surface area contributed by atoms with E-state index in [9.17, 15) is 54.9 Å². The van der Waals surface area contributed by atoms with E-state index in [1.54, 1.807) is 7.11 Å². The van der Waals surface area contributed by atoms with Crippen molar-refractivity contribution in [1.29, 1.82) is 0 Å². The third kappa shape index (κ3) is 32.5. The summed E-state index contributed by atoms with van der Waals surface area (Å²) in [4.78, 5) is 52.0. The van der Waals surface area contributed by atoms with Gasteiger partial charge in [0.1, 0.15) is 48.8 Å². The Kier molecular flexibility index (Phi) is 43.7. The Hall–Kier alpha value is -3.04. The number of carboxylic acid groups (broad SMARTS) is 1. The number of ether oxygens (including phenoxy) is 17. The maximum Gasteiger partial charge on any atom is 0.223 e. The van der Waals surface area contributed by atoms with Crippen LogP contribution in [0.25, 0.3) is 0 Å².